The van der Waals surface area contributed by atoms with Crippen molar-refractivity contribution in [2.45, 2.75) is 33.6 Å². The quantitative estimate of drug-likeness (QED) is 0.693. The first kappa shape index (κ1) is 10.7. The van der Waals surface area contributed by atoms with Gasteiger partial charge >= 0.3 is 0 Å². The third-order valence-electron chi connectivity index (χ3n) is 1.94. The maximum atomic E-state index is 4.22. The van der Waals surface area contributed by atoms with Crippen LogP contribution >= 0.6 is 0 Å². The van der Waals surface area contributed by atoms with E-state index >= 15 is 0 Å². The van der Waals surface area contributed by atoms with Crippen LogP contribution < -0.4 is 0 Å². The van der Waals surface area contributed by atoms with Gasteiger partial charge in [-0.05, 0) is 17.5 Å². The average molecular weight is 191 g/mol. The van der Waals surface area contributed by atoms with Gasteiger partial charge in [0, 0.05) is 12.4 Å². The van der Waals surface area contributed by atoms with E-state index in [-0.39, 0.29) is 0 Å². The van der Waals surface area contributed by atoms with Crippen molar-refractivity contribution in [2.24, 2.45) is 0 Å². The van der Waals surface area contributed by atoms with Crippen LogP contribution in [0, 0.1) is 0 Å². The molecule has 76 valence electrons. The number of imidazole rings is 1. The molecule has 0 fully saturated rings. The second kappa shape index (κ2) is 4.74. The van der Waals surface area contributed by atoms with Crippen molar-refractivity contribution in [1.82, 2.24) is 14.6 Å². The van der Waals surface area contributed by atoms with E-state index in [1.807, 2.05) is 26.2 Å². The second-order valence-electron chi connectivity index (χ2n) is 3.17. The summed E-state index contributed by atoms with van der Waals surface area (Å²) < 4.78 is 1.77. The summed E-state index contributed by atoms with van der Waals surface area (Å²) in [6.07, 6.45) is 5.49. The lowest BCUT2D eigenvalue weighted by Gasteiger charge is -2.03. The fraction of sp³-hybridized carbons (Fsp3) is 0.455. The molecular weight excluding hydrogens is 174 g/mol. The van der Waals surface area contributed by atoms with Crippen molar-refractivity contribution in [2.75, 3.05) is 0 Å². The van der Waals surface area contributed by atoms with E-state index in [1.165, 1.54) is 5.56 Å². The Morgan fingerprint density at radius 2 is 2.00 bits per heavy atom. The van der Waals surface area contributed by atoms with Gasteiger partial charge < -0.3 is 0 Å². The summed E-state index contributed by atoms with van der Waals surface area (Å²) in [5, 5.41) is 4.22. The summed E-state index contributed by atoms with van der Waals surface area (Å²) in [7, 11) is 0. The van der Waals surface area contributed by atoms with E-state index < -0.39 is 0 Å². The Morgan fingerprint density at radius 1 is 1.29 bits per heavy atom. The first-order valence-corrected chi connectivity index (χ1v) is 5.06. The molecule has 0 unspecified atom stereocenters. The monoisotopic (exact) mass is 191 g/mol. The van der Waals surface area contributed by atoms with Gasteiger partial charge in [0.2, 0.25) is 0 Å². The van der Waals surface area contributed by atoms with Gasteiger partial charge in [-0.1, -0.05) is 27.7 Å². The topological polar surface area (TPSA) is 30.2 Å². The molecule has 0 bridgehead atoms. The van der Waals surface area contributed by atoms with Crippen molar-refractivity contribution in [3.63, 3.8) is 0 Å². The Balaban J connectivity index is 0.000000461. The van der Waals surface area contributed by atoms with Gasteiger partial charge in [0.1, 0.15) is 0 Å². The van der Waals surface area contributed by atoms with Gasteiger partial charge in [-0.25, -0.2) is 9.50 Å². The van der Waals surface area contributed by atoms with E-state index in [0.717, 1.165) is 5.65 Å². The van der Waals surface area contributed by atoms with E-state index in [4.69, 9.17) is 0 Å². The Morgan fingerprint density at radius 3 is 2.64 bits per heavy atom. The maximum Gasteiger partial charge on any atom is 0.153 e. The van der Waals surface area contributed by atoms with Gasteiger partial charge in [0.05, 0.1) is 6.20 Å². The highest BCUT2D eigenvalue weighted by Crippen LogP contribution is 2.13. The zero-order chi connectivity index (χ0) is 10.6. The van der Waals surface area contributed by atoms with Crippen molar-refractivity contribution >= 4 is 5.65 Å². The lowest BCUT2D eigenvalue weighted by atomic mass is 10.1. The lowest BCUT2D eigenvalue weighted by molar-refractivity contribution is 0.829. The highest BCUT2D eigenvalue weighted by Gasteiger charge is 2.01. The van der Waals surface area contributed by atoms with Crippen molar-refractivity contribution in [1.29, 1.82) is 0 Å². The van der Waals surface area contributed by atoms with E-state index in [0.29, 0.717) is 5.92 Å². The molecule has 0 aliphatic rings. The van der Waals surface area contributed by atoms with Crippen LogP contribution in [-0.2, 0) is 0 Å². The van der Waals surface area contributed by atoms with Gasteiger partial charge in [-0.15, -0.1) is 0 Å². The predicted molar refractivity (Wildman–Crippen MR) is 58.4 cm³/mol. The average Bonchev–Trinajstić information content (AvgIpc) is 2.67. The number of nitrogens with zero attached hydrogens (tertiary/aromatic N) is 3. The molecule has 14 heavy (non-hydrogen) atoms. The molecule has 0 atom stereocenters. The Kier molecular flexibility index (Phi) is 3.63. The normalized spacial score (nSPS) is 10.1. The molecule has 0 N–H and O–H groups in total. The number of rotatable bonds is 1. The Labute approximate surface area is 84.8 Å². The first-order valence-electron chi connectivity index (χ1n) is 5.06. The standard InChI is InChI=1S/C9H11N3.C2H6/c1-7(2)8-5-9-10-3-4-12(9)11-6-8;1-2/h3-7H,1-2H3;1-2H3. The SMILES string of the molecule is CC.CC(C)c1cnn2ccnc2c1. The van der Waals surface area contributed by atoms with Crippen LogP contribution in [0.5, 0.6) is 0 Å². The molecule has 2 aromatic rings. The van der Waals surface area contributed by atoms with Crippen LogP contribution in [0.3, 0.4) is 0 Å². The largest absolute Gasteiger partial charge is 0.236 e. The molecular formula is C11H17N3. The molecule has 0 amide bonds. The van der Waals surface area contributed by atoms with E-state index in [2.05, 4.69) is 30.0 Å². The number of hydrogen-bond donors (Lipinski definition) is 0. The first-order chi connectivity index (χ1) is 6.77. The van der Waals surface area contributed by atoms with Gasteiger partial charge in [-0.3, -0.25) is 0 Å². The molecule has 0 saturated carbocycles. The predicted octanol–water partition coefficient (Wildman–Crippen LogP) is 2.88. The second-order valence-corrected chi connectivity index (χ2v) is 3.17. The fourth-order valence-corrected chi connectivity index (χ4v) is 1.14. The van der Waals surface area contributed by atoms with E-state index in [9.17, 15) is 0 Å². The molecule has 3 nitrogen and oxygen atoms in total. The van der Waals surface area contributed by atoms with Crippen LogP contribution in [0.4, 0.5) is 0 Å². The number of fused-ring (bicyclic) bond motifs is 1. The van der Waals surface area contributed by atoms with Crippen molar-refractivity contribution < 1.29 is 0 Å². The molecule has 0 saturated heterocycles. The zero-order valence-corrected chi connectivity index (χ0v) is 9.23. The summed E-state index contributed by atoms with van der Waals surface area (Å²) in [6, 6.07) is 2.07. The van der Waals surface area contributed by atoms with Crippen molar-refractivity contribution in [3.05, 3.63) is 30.2 Å². The lowest BCUT2D eigenvalue weighted by Crippen LogP contribution is -1.94. The van der Waals surface area contributed by atoms with Crippen LogP contribution in [0.25, 0.3) is 5.65 Å². The highest BCUT2D eigenvalue weighted by atomic mass is 15.2. The molecule has 3 heteroatoms. The highest BCUT2D eigenvalue weighted by molar-refractivity contribution is 5.39. The summed E-state index contributed by atoms with van der Waals surface area (Å²) in [5.41, 5.74) is 2.15. The van der Waals surface area contributed by atoms with Crippen LogP contribution in [0.1, 0.15) is 39.2 Å². The minimum Gasteiger partial charge on any atom is -0.236 e. The summed E-state index contributed by atoms with van der Waals surface area (Å²) >= 11 is 0. The molecule has 2 rings (SSSR count). The smallest absolute Gasteiger partial charge is 0.153 e. The zero-order valence-electron chi connectivity index (χ0n) is 9.23. The van der Waals surface area contributed by atoms with Crippen LogP contribution in [-0.4, -0.2) is 14.6 Å². The molecule has 0 aliphatic carbocycles. The molecule has 0 aromatic carbocycles. The molecule has 2 aromatic heterocycles. The Hall–Kier alpha value is -1.38. The molecule has 0 radical (unpaired) electrons. The number of hydrogen-bond acceptors (Lipinski definition) is 2. The van der Waals surface area contributed by atoms with Gasteiger partial charge in [-0.2, -0.15) is 5.10 Å². The fourth-order valence-electron chi connectivity index (χ4n) is 1.14. The van der Waals surface area contributed by atoms with Crippen LogP contribution in [0.15, 0.2) is 24.7 Å². The minimum atomic E-state index is 0.513. The maximum absolute atomic E-state index is 4.22. The summed E-state index contributed by atoms with van der Waals surface area (Å²) in [6.45, 7) is 8.30. The third kappa shape index (κ3) is 2.10. The third-order valence-corrected chi connectivity index (χ3v) is 1.94. The van der Waals surface area contributed by atoms with Gasteiger partial charge in [0.15, 0.2) is 5.65 Å². The van der Waals surface area contributed by atoms with Crippen LogP contribution in [0.2, 0.25) is 0 Å². The number of aromatic nitrogens is 3. The van der Waals surface area contributed by atoms with Crippen molar-refractivity contribution in [3.8, 4) is 0 Å². The van der Waals surface area contributed by atoms with Gasteiger partial charge in [0.25, 0.3) is 0 Å². The van der Waals surface area contributed by atoms with E-state index in [1.54, 1.807) is 10.7 Å². The molecule has 0 spiro atoms. The molecule has 2 heterocycles. The molecule has 0 aliphatic heterocycles. The minimum absolute atomic E-state index is 0.513. The summed E-state index contributed by atoms with van der Waals surface area (Å²) in [4.78, 5) is 4.16. The Bertz CT molecular complexity index is 390. The summed E-state index contributed by atoms with van der Waals surface area (Å²) in [5.74, 6) is 0.513.